The first kappa shape index (κ1) is 36.3. The average molecular weight is 808 g/mol. The molecule has 61 heavy (non-hydrogen) atoms. The predicted molar refractivity (Wildman–Crippen MR) is 250 cm³/mol. The maximum Gasteiger partial charge on any atom is 0.268 e. The van der Waals surface area contributed by atoms with Crippen LogP contribution >= 0.6 is 0 Å². The summed E-state index contributed by atoms with van der Waals surface area (Å²) in [6, 6.07) is 62.7. The molecule has 7 nitrogen and oxygen atoms in total. The van der Waals surface area contributed by atoms with E-state index in [0.29, 0.717) is 11.0 Å². The molecule has 292 valence electrons. The van der Waals surface area contributed by atoms with Crippen LogP contribution in [0.25, 0.3) is 99.3 Å². The van der Waals surface area contributed by atoms with E-state index in [-0.39, 0.29) is 12.3 Å². The number of aromatic nitrogens is 5. The van der Waals surface area contributed by atoms with Crippen LogP contribution in [0, 0.1) is 0 Å². The van der Waals surface area contributed by atoms with Gasteiger partial charge in [0.2, 0.25) is 0 Å². The summed E-state index contributed by atoms with van der Waals surface area (Å²) in [5.41, 5.74) is 11.1. The van der Waals surface area contributed by atoms with Crippen LogP contribution in [0.2, 0.25) is 0 Å². The fourth-order valence-corrected chi connectivity index (χ4v) is 10.6. The highest BCUT2D eigenvalue weighted by atomic mass is 32.2. The van der Waals surface area contributed by atoms with Crippen molar-refractivity contribution in [2.45, 2.75) is 12.3 Å². The molecule has 0 saturated heterocycles. The third-order valence-electron chi connectivity index (χ3n) is 11.8. The molecule has 12 rings (SSSR count). The lowest BCUT2D eigenvalue weighted by molar-refractivity contribution is 0.590. The van der Waals surface area contributed by atoms with E-state index in [1.807, 2.05) is 67.0 Å². The predicted octanol–water partition coefficient (Wildman–Crippen LogP) is 13.0. The Labute approximate surface area is 352 Å². The minimum atomic E-state index is -4.00. The topological polar surface area (TPSA) is 74.7 Å². The van der Waals surface area contributed by atoms with E-state index in [1.54, 1.807) is 24.3 Å². The molecule has 0 radical (unpaired) electrons. The lowest BCUT2D eigenvalue weighted by Gasteiger charge is -2.11. The normalized spacial score (nSPS) is 11.9. The van der Waals surface area contributed by atoms with E-state index in [1.165, 1.54) is 3.97 Å². The van der Waals surface area contributed by atoms with Crippen LogP contribution < -0.4 is 0 Å². The van der Waals surface area contributed by atoms with E-state index in [9.17, 15) is 8.42 Å². The second kappa shape index (κ2) is 13.9. The quantitative estimate of drug-likeness (QED) is 0.168. The standard InChI is InChI=1S/C52H33N5O2S.CH4/c58-60(59,40-16-8-3-9-17-40)57-49-26-22-38(55-47-24-20-36(34-12-4-1-5-13-34)30-43(47)41-18-10-28-53-51(41)55)32-45(49)46-33-39(23-27-50(46)57)56-48-25-21-37(35-14-6-2-7-15-35)31-44(48)42-19-11-29-54-52(42)56;/h1-33H;1H4. The summed E-state index contributed by atoms with van der Waals surface area (Å²) in [5.74, 6) is 0. The van der Waals surface area contributed by atoms with Gasteiger partial charge in [-0.05, 0) is 119 Å². The highest BCUT2D eigenvalue weighted by molar-refractivity contribution is 7.90. The van der Waals surface area contributed by atoms with Gasteiger partial charge in [0.05, 0.1) is 27.0 Å². The molecule has 0 aliphatic carbocycles. The van der Waals surface area contributed by atoms with Gasteiger partial charge < -0.3 is 0 Å². The number of rotatable bonds is 6. The second-order valence-corrected chi connectivity index (χ2v) is 16.9. The summed E-state index contributed by atoms with van der Waals surface area (Å²) in [4.78, 5) is 10.0. The van der Waals surface area contributed by atoms with Crippen molar-refractivity contribution in [2.75, 3.05) is 0 Å². The Balaban J connectivity index is 0.00000420. The van der Waals surface area contributed by atoms with Gasteiger partial charge >= 0.3 is 0 Å². The zero-order valence-electron chi connectivity index (χ0n) is 32.0. The van der Waals surface area contributed by atoms with Gasteiger partial charge in [-0.3, -0.25) is 9.13 Å². The molecule has 0 saturated carbocycles. The molecule has 7 aromatic carbocycles. The Kier molecular flexibility index (Phi) is 8.27. The molecule has 5 heterocycles. The molecule has 0 aliphatic heterocycles. The fraction of sp³-hybridized carbons (Fsp3) is 0.0189. The maximum atomic E-state index is 14.7. The Bertz CT molecular complexity index is 3560. The molecular weight excluding hydrogens is 771 g/mol. The Hall–Kier alpha value is -7.81. The first-order valence-electron chi connectivity index (χ1n) is 19.8. The maximum absolute atomic E-state index is 14.7. The molecule has 5 aromatic heterocycles. The lowest BCUT2D eigenvalue weighted by Crippen LogP contribution is -2.12. The summed E-state index contributed by atoms with van der Waals surface area (Å²) in [6.07, 6.45) is 3.64. The van der Waals surface area contributed by atoms with Crippen molar-refractivity contribution in [2.24, 2.45) is 0 Å². The molecule has 8 heteroatoms. The zero-order chi connectivity index (χ0) is 40.0. The summed E-state index contributed by atoms with van der Waals surface area (Å²) in [5, 5.41) is 5.86. The summed E-state index contributed by atoms with van der Waals surface area (Å²) in [6.45, 7) is 0. The molecule has 0 fully saturated rings. The Morgan fingerprint density at radius 3 is 1.23 bits per heavy atom. The monoisotopic (exact) mass is 807 g/mol. The Morgan fingerprint density at radius 1 is 0.361 bits per heavy atom. The van der Waals surface area contributed by atoms with Gasteiger partial charge in [0.1, 0.15) is 11.3 Å². The van der Waals surface area contributed by atoms with E-state index in [2.05, 4.69) is 118 Å². The van der Waals surface area contributed by atoms with E-state index in [0.717, 1.165) is 88.3 Å². The van der Waals surface area contributed by atoms with Gasteiger partial charge in [-0.1, -0.05) is 98.4 Å². The summed E-state index contributed by atoms with van der Waals surface area (Å²) in [7, 11) is -4.00. The summed E-state index contributed by atoms with van der Waals surface area (Å²) >= 11 is 0. The highest BCUT2D eigenvalue weighted by Crippen LogP contribution is 2.40. The van der Waals surface area contributed by atoms with E-state index < -0.39 is 10.0 Å². The SMILES string of the molecule is C.O=S(=O)(c1ccccc1)n1c2ccc(-n3c4ccc(-c5ccccc5)cc4c4cccnc43)cc2c2cc(-n3c4ccc(-c5ccccc5)cc4c4cccnc43)ccc21. The van der Waals surface area contributed by atoms with Gasteiger partial charge in [0.25, 0.3) is 10.0 Å². The van der Waals surface area contributed by atoms with Crippen LogP contribution in [0.5, 0.6) is 0 Å². The van der Waals surface area contributed by atoms with Crippen LogP contribution in [0.4, 0.5) is 0 Å². The van der Waals surface area contributed by atoms with Gasteiger partial charge in [0.15, 0.2) is 0 Å². The molecule has 0 aliphatic rings. The van der Waals surface area contributed by atoms with Gasteiger partial charge in [-0.15, -0.1) is 0 Å². The number of pyridine rings is 2. The number of fused-ring (bicyclic) bond motifs is 9. The van der Waals surface area contributed by atoms with Crippen LogP contribution in [-0.2, 0) is 10.0 Å². The van der Waals surface area contributed by atoms with Crippen molar-refractivity contribution in [3.8, 4) is 33.6 Å². The van der Waals surface area contributed by atoms with Crippen LogP contribution in [-0.4, -0.2) is 31.5 Å². The smallest absolute Gasteiger partial charge is 0.268 e. The molecule has 0 spiro atoms. The first-order chi connectivity index (χ1) is 29.5. The molecule has 0 unspecified atom stereocenters. The largest absolute Gasteiger partial charge is 0.294 e. The van der Waals surface area contributed by atoms with Gasteiger partial charge in [0, 0.05) is 56.1 Å². The third kappa shape index (κ3) is 5.53. The number of benzene rings is 7. The van der Waals surface area contributed by atoms with E-state index in [4.69, 9.17) is 9.97 Å². The van der Waals surface area contributed by atoms with Crippen molar-refractivity contribution in [1.82, 2.24) is 23.1 Å². The zero-order valence-corrected chi connectivity index (χ0v) is 32.8. The Morgan fingerprint density at radius 2 is 0.770 bits per heavy atom. The van der Waals surface area contributed by atoms with Gasteiger partial charge in [-0.25, -0.2) is 22.4 Å². The molecular formula is C53H37N5O2S. The summed E-state index contributed by atoms with van der Waals surface area (Å²) < 4.78 is 35.2. The molecule has 0 amide bonds. The van der Waals surface area contributed by atoms with Crippen LogP contribution in [0.1, 0.15) is 7.43 Å². The number of hydrogen-bond acceptors (Lipinski definition) is 4. The highest BCUT2D eigenvalue weighted by Gasteiger charge is 2.25. The van der Waals surface area contributed by atoms with Crippen molar-refractivity contribution < 1.29 is 8.42 Å². The third-order valence-corrected chi connectivity index (χ3v) is 13.5. The van der Waals surface area contributed by atoms with Crippen LogP contribution in [0.3, 0.4) is 0 Å². The van der Waals surface area contributed by atoms with Crippen LogP contribution in [0.15, 0.2) is 205 Å². The van der Waals surface area contributed by atoms with Crippen molar-refractivity contribution in [1.29, 1.82) is 0 Å². The number of nitrogens with zero attached hydrogens (tertiary/aromatic N) is 5. The number of hydrogen-bond donors (Lipinski definition) is 0. The fourth-order valence-electron chi connectivity index (χ4n) is 9.03. The van der Waals surface area contributed by atoms with Gasteiger partial charge in [-0.2, -0.15) is 0 Å². The average Bonchev–Trinajstić information content (AvgIpc) is 3.95. The van der Waals surface area contributed by atoms with Crippen molar-refractivity contribution in [3.63, 3.8) is 0 Å². The van der Waals surface area contributed by atoms with E-state index >= 15 is 0 Å². The lowest BCUT2D eigenvalue weighted by atomic mass is 10.0. The molecule has 12 aromatic rings. The molecule has 0 atom stereocenters. The first-order valence-corrected chi connectivity index (χ1v) is 21.3. The minimum Gasteiger partial charge on any atom is -0.294 e. The second-order valence-electron chi connectivity index (χ2n) is 15.1. The molecule has 0 N–H and O–H groups in total. The van der Waals surface area contributed by atoms with Crippen molar-refractivity contribution in [3.05, 3.63) is 200 Å². The molecule has 0 bridgehead atoms. The minimum absolute atomic E-state index is 0. The van der Waals surface area contributed by atoms with Crippen molar-refractivity contribution >= 4 is 75.7 Å².